The molecule has 27 heavy (non-hydrogen) atoms. The van der Waals surface area contributed by atoms with E-state index >= 15 is 0 Å². The summed E-state index contributed by atoms with van der Waals surface area (Å²) in [5.74, 6) is -1.78. The lowest BCUT2D eigenvalue weighted by Gasteiger charge is -2.28. The first kappa shape index (κ1) is 19.9. The molecule has 3 rings (SSSR count). The van der Waals surface area contributed by atoms with E-state index < -0.39 is 32.6 Å². The van der Waals surface area contributed by atoms with Crippen LogP contribution in [0.25, 0.3) is 0 Å². The molecule has 8 heteroatoms. The number of halogens is 2. The van der Waals surface area contributed by atoms with Crippen LogP contribution in [0.3, 0.4) is 0 Å². The van der Waals surface area contributed by atoms with Gasteiger partial charge in [0.15, 0.2) is 0 Å². The summed E-state index contributed by atoms with van der Waals surface area (Å²) in [6, 6.07) is 9.34. The number of aryl methyl sites for hydroxylation is 1. The largest absolute Gasteiger partial charge is 0.370 e. The van der Waals surface area contributed by atoms with Crippen LogP contribution in [0, 0.1) is 18.6 Å². The first-order valence-corrected chi connectivity index (χ1v) is 10.3. The molecular weight excluding hydrogens is 374 g/mol. The van der Waals surface area contributed by atoms with Crippen molar-refractivity contribution in [2.45, 2.75) is 17.9 Å². The summed E-state index contributed by atoms with van der Waals surface area (Å²) < 4.78 is 60.9. The number of sulfonamides is 1. The van der Waals surface area contributed by atoms with E-state index in [9.17, 15) is 17.2 Å². The smallest absolute Gasteiger partial charge is 0.244 e. The first-order chi connectivity index (χ1) is 12.8. The van der Waals surface area contributed by atoms with Crippen molar-refractivity contribution in [2.24, 2.45) is 0 Å². The van der Waals surface area contributed by atoms with Crippen LogP contribution < -0.4 is 9.62 Å². The quantitative estimate of drug-likeness (QED) is 0.770. The standard InChI is InChI=1S/C19H22F2N2O3S/c1-14-2-4-15(5-3-14)18(13-23-8-10-26-11-9-23)22-27(24,25)19-12-16(20)6-7-17(19)21/h2-7,12,18,22H,8-11,13H2,1H3/p+1/t18-/m0/s1. The number of benzene rings is 2. The van der Waals surface area contributed by atoms with E-state index in [0.717, 1.165) is 36.3 Å². The molecule has 0 bridgehead atoms. The maximum atomic E-state index is 14.0. The minimum absolute atomic E-state index is 0.489. The second-order valence-corrected chi connectivity index (χ2v) is 8.41. The lowest BCUT2D eigenvalue weighted by atomic mass is 10.1. The van der Waals surface area contributed by atoms with E-state index in [-0.39, 0.29) is 0 Å². The van der Waals surface area contributed by atoms with Gasteiger partial charge in [0.25, 0.3) is 0 Å². The van der Waals surface area contributed by atoms with E-state index in [4.69, 9.17) is 4.74 Å². The minimum Gasteiger partial charge on any atom is -0.370 e. The van der Waals surface area contributed by atoms with Crippen molar-refractivity contribution >= 4 is 10.0 Å². The van der Waals surface area contributed by atoms with Gasteiger partial charge in [-0.15, -0.1) is 0 Å². The average molecular weight is 397 g/mol. The van der Waals surface area contributed by atoms with Crippen LogP contribution in [0.15, 0.2) is 47.4 Å². The Kier molecular flexibility index (Phi) is 6.21. The van der Waals surface area contributed by atoms with Crippen LogP contribution in [0.5, 0.6) is 0 Å². The van der Waals surface area contributed by atoms with Gasteiger partial charge in [0.1, 0.15) is 29.6 Å². The third-order valence-corrected chi connectivity index (χ3v) is 6.14. The van der Waals surface area contributed by atoms with Crippen molar-refractivity contribution in [3.8, 4) is 0 Å². The zero-order valence-electron chi connectivity index (χ0n) is 15.0. The Morgan fingerprint density at radius 2 is 1.78 bits per heavy atom. The van der Waals surface area contributed by atoms with Crippen molar-refractivity contribution in [2.75, 3.05) is 32.8 Å². The molecule has 146 valence electrons. The van der Waals surface area contributed by atoms with Gasteiger partial charge in [-0.2, -0.15) is 4.72 Å². The van der Waals surface area contributed by atoms with Crippen LogP contribution in [-0.2, 0) is 14.8 Å². The maximum absolute atomic E-state index is 14.0. The maximum Gasteiger partial charge on any atom is 0.244 e. The number of rotatable bonds is 6. The number of nitrogens with one attached hydrogen (secondary N) is 2. The Morgan fingerprint density at radius 1 is 1.11 bits per heavy atom. The van der Waals surface area contributed by atoms with Crippen molar-refractivity contribution in [1.29, 1.82) is 0 Å². The molecule has 1 atom stereocenters. The van der Waals surface area contributed by atoms with E-state index in [1.807, 2.05) is 31.2 Å². The third-order valence-electron chi connectivity index (χ3n) is 4.65. The van der Waals surface area contributed by atoms with Crippen molar-refractivity contribution in [1.82, 2.24) is 4.72 Å². The fraction of sp³-hybridized carbons (Fsp3) is 0.368. The van der Waals surface area contributed by atoms with Crippen molar-refractivity contribution < 1.29 is 26.8 Å². The summed E-state index contributed by atoms with van der Waals surface area (Å²) in [5.41, 5.74) is 1.83. The molecule has 1 aliphatic rings. The van der Waals surface area contributed by atoms with Crippen LogP contribution in [0.4, 0.5) is 8.78 Å². The van der Waals surface area contributed by atoms with Gasteiger partial charge in [-0.1, -0.05) is 29.8 Å². The molecule has 1 fully saturated rings. The molecule has 0 radical (unpaired) electrons. The molecule has 1 saturated heterocycles. The highest BCUT2D eigenvalue weighted by molar-refractivity contribution is 7.89. The molecule has 5 nitrogen and oxygen atoms in total. The molecule has 0 spiro atoms. The van der Waals surface area contributed by atoms with Crippen LogP contribution in [0.1, 0.15) is 17.2 Å². The van der Waals surface area contributed by atoms with Gasteiger partial charge >= 0.3 is 0 Å². The van der Waals surface area contributed by atoms with Gasteiger partial charge in [0, 0.05) is 0 Å². The molecule has 1 heterocycles. The lowest BCUT2D eigenvalue weighted by Crippen LogP contribution is -3.14. The molecule has 1 aliphatic heterocycles. The first-order valence-electron chi connectivity index (χ1n) is 8.80. The number of morpholine rings is 1. The summed E-state index contributed by atoms with van der Waals surface area (Å²) in [6.07, 6.45) is 0. The number of hydrogen-bond donors (Lipinski definition) is 2. The topological polar surface area (TPSA) is 59.8 Å². The van der Waals surface area contributed by atoms with Crippen molar-refractivity contribution in [3.63, 3.8) is 0 Å². The molecule has 0 saturated carbocycles. The van der Waals surface area contributed by atoms with Crippen LogP contribution >= 0.6 is 0 Å². The van der Waals surface area contributed by atoms with Crippen LogP contribution in [-0.4, -0.2) is 41.3 Å². The number of hydrogen-bond acceptors (Lipinski definition) is 3. The Labute approximate surface area is 158 Å². The molecule has 2 N–H and O–H groups in total. The van der Waals surface area contributed by atoms with Gasteiger partial charge in [-0.05, 0) is 30.7 Å². The molecule has 0 aliphatic carbocycles. The Morgan fingerprint density at radius 3 is 2.44 bits per heavy atom. The van der Waals surface area contributed by atoms with Gasteiger partial charge in [-0.25, -0.2) is 17.2 Å². The molecule has 0 amide bonds. The van der Waals surface area contributed by atoms with Gasteiger partial charge in [0.05, 0.1) is 25.8 Å². The predicted octanol–water partition coefficient (Wildman–Crippen LogP) is 1.21. The zero-order chi connectivity index (χ0) is 19.4. The summed E-state index contributed by atoms with van der Waals surface area (Å²) >= 11 is 0. The number of quaternary nitrogens is 1. The Hall–Kier alpha value is -1.87. The molecule has 0 aromatic heterocycles. The summed E-state index contributed by atoms with van der Waals surface area (Å²) in [7, 11) is -4.23. The fourth-order valence-corrected chi connectivity index (χ4v) is 4.43. The molecule has 0 unspecified atom stereocenters. The second-order valence-electron chi connectivity index (χ2n) is 6.73. The highest BCUT2D eigenvalue weighted by atomic mass is 32.2. The average Bonchev–Trinajstić information content (AvgIpc) is 2.64. The Bertz CT molecular complexity index is 882. The second kappa shape index (κ2) is 8.43. The third kappa shape index (κ3) is 5.10. The normalized spacial score (nSPS) is 17.0. The lowest BCUT2D eigenvalue weighted by molar-refractivity contribution is -0.909. The van der Waals surface area contributed by atoms with Gasteiger partial charge in [-0.3, -0.25) is 0 Å². The Balaban J connectivity index is 1.89. The minimum atomic E-state index is -4.23. The van der Waals surface area contributed by atoms with Crippen LogP contribution in [0.2, 0.25) is 0 Å². The molecule has 2 aromatic rings. The highest BCUT2D eigenvalue weighted by Crippen LogP contribution is 2.20. The monoisotopic (exact) mass is 397 g/mol. The van der Waals surface area contributed by atoms with Crippen molar-refractivity contribution in [3.05, 3.63) is 65.2 Å². The SMILES string of the molecule is Cc1ccc([C@H](C[NH+]2CCOCC2)NS(=O)(=O)c2cc(F)ccc2F)cc1. The van der Waals surface area contributed by atoms with Gasteiger partial charge in [0.2, 0.25) is 10.0 Å². The highest BCUT2D eigenvalue weighted by Gasteiger charge is 2.28. The summed E-state index contributed by atoms with van der Waals surface area (Å²) in [5, 5.41) is 0. The summed E-state index contributed by atoms with van der Waals surface area (Å²) in [6.45, 7) is 5.18. The van der Waals surface area contributed by atoms with E-state index in [2.05, 4.69) is 4.72 Å². The molecular formula is C19H23F2N2O3S+. The van der Waals surface area contributed by atoms with Gasteiger partial charge < -0.3 is 9.64 Å². The van der Waals surface area contributed by atoms with E-state index in [0.29, 0.717) is 25.8 Å². The van der Waals surface area contributed by atoms with E-state index in [1.54, 1.807) is 0 Å². The zero-order valence-corrected chi connectivity index (χ0v) is 15.9. The number of ether oxygens (including phenoxy) is 1. The van der Waals surface area contributed by atoms with E-state index in [1.165, 1.54) is 4.90 Å². The molecule has 2 aromatic carbocycles. The predicted molar refractivity (Wildman–Crippen MR) is 97.0 cm³/mol. The fourth-order valence-electron chi connectivity index (χ4n) is 3.11. The summed E-state index contributed by atoms with van der Waals surface area (Å²) in [4.78, 5) is 0.505.